The monoisotopic (exact) mass is 376 g/mol. The Morgan fingerprint density at radius 3 is 2.89 bits per heavy atom. The summed E-state index contributed by atoms with van der Waals surface area (Å²) in [5.74, 6) is 0.720. The van der Waals surface area contributed by atoms with Crippen LogP contribution in [0.15, 0.2) is 24.3 Å². The van der Waals surface area contributed by atoms with E-state index in [1.54, 1.807) is 12.0 Å². The fourth-order valence-electron chi connectivity index (χ4n) is 3.25. The van der Waals surface area contributed by atoms with Gasteiger partial charge in [-0.3, -0.25) is 9.59 Å². The Morgan fingerprint density at radius 2 is 2.15 bits per heavy atom. The normalized spacial score (nSPS) is 17.7. The van der Waals surface area contributed by atoms with Crippen LogP contribution in [0.2, 0.25) is 0 Å². The molecule has 2 amide bonds. The molecule has 1 heterocycles. The van der Waals surface area contributed by atoms with Gasteiger partial charge in [0.05, 0.1) is 13.2 Å². The van der Waals surface area contributed by atoms with Crippen molar-refractivity contribution < 1.29 is 19.1 Å². The van der Waals surface area contributed by atoms with Gasteiger partial charge in [-0.2, -0.15) is 0 Å². The summed E-state index contributed by atoms with van der Waals surface area (Å²) in [5.41, 5.74) is 0.965. The Hall–Kier alpha value is -2.08. The van der Waals surface area contributed by atoms with Crippen molar-refractivity contribution in [2.75, 3.05) is 20.3 Å². The molecular weight excluding hydrogens is 344 g/mol. The van der Waals surface area contributed by atoms with E-state index in [-0.39, 0.29) is 17.9 Å². The van der Waals surface area contributed by atoms with E-state index in [1.165, 1.54) is 0 Å². The molecule has 0 aromatic heterocycles. The quantitative estimate of drug-likeness (QED) is 0.673. The lowest BCUT2D eigenvalue weighted by Crippen LogP contribution is -2.48. The van der Waals surface area contributed by atoms with E-state index in [0.29, 0.717) is 32.5 Å². The van der Waals surface area contributed by atoms with Gasteiger partial charge in [-0.1, -0.05) is 18.6 Å². The first kappa shape index (κ1) is 21.2. The third kappa shape index (κ3) is 6.86. The molecule has 1 aromatic rings. The molecule has 1 N–H and O–H groups in total. The minimum absolute atomic E-state index is 0.0404. The second-order valence-electron chi connectivity index (χ2n) is 7.20. The van der Waals surface area contributed by atoms with Gasteiger partial charge in [0, 0.05) is 26.1 Å². The van der Waals surface area contributed by atoms with Crippen molar-refractivity contribution in [3.05, 3.63) is 29.8 Å². The molecule has 0 spiro atoms. The van der Waals surface area contributed by atoms with E-state index >= 15 is 0 Å². The van der Waals surface area contributed by atoms with E-state index in [0.717, 1.165) is 30.6 Å². The van der Waals surface area contributed by atoms with Crippen molar-refractivity contribution in [1.29, 1.82) is 0 Å². The van der Waals surface area contributed by atoms with Crippen LogP contribution in [0.25, 0.3) is 0 Å². The zero-order valence-corrected chi connectivity index (χ0v) is 16.7. The maximum absolute atomic E-state index is 12.7. The van der Waals surface area contributed by atoms with E-state index in [2.05, 4.69) is 5.32 Å². The van der Waals surface area contributed by atoms with Crippen LogP contribution in [0, 0.1) is 0 Å². The van der Waals surface area contributed by atoms with E-state index in [1.807, 2.05) is 38.1 Å². The summed E-state index contributed by atoms with van der Waals surface area (Å²) in [6.45, 7) is 5.58. The number of carbonyl (C=O) groups excluding carboxylic acids is 2. The molecule has 0 saturated carbocycles. The van der Waals surface area contributed by atoms with Crippen LogP contribution in [0.1, 0.15) is 51.5 Å². The van der Waals surface area contributed by atoms with Crippen LogP contribution in [-0.4, -0.2) is 49.1 Å². The lowest BCUT2D eigenvalue weighted by molar-refractivity contribution is -0.140. The number of nitrogens with one attached hydrogen (secondary N) is 1. The Labute approximate surface area is 162 Å². The predicted molar refractivity (Wildman–Crippen MR) is 105 cm³/mol. The molecule has 1 fully saturated rings. The number of hydrogen-bond acceptors (Lipinski definition) is 4. The number of ether oxygens (including phenoxy) is 2. The van der Waals surface area contributed by atoms with Crippen molar-refractivity contribution in [2.24, 2.45) is 0 Å². The molecular formula is C21H32N2O4. The van der Waals surface area contributed by atoms with Crippen LogP contribution in [0.3, 0.4) is 0 Å². The van der Waals surface area contributed by atoms with Crippen molar-refractivity contribution in [3.8, 4) is 5.75 Å². The molecule has 0 radical (unpaired) electrons. The number of hydrogen-bond donors (Lipinski definition) is 1. The summed E-state index contributed by atoms with van der Waals surface area (Å²) in [5, 5.41) is 2.98. The summed E-state index contributed by atoms with van der Waals surface area (Å²) in [6, 6.07) is 7.23. The summed E-state index contributed by atoms with van der Waals surface area (Å²) in [7, 11) is 1.62. The SMILES string of the molecule is COc1cccc(CN2C(=O)CCCCC2C(=O)NCCCOC(C)C)c1. The highest BCUT2D eigenvalue weighted by molar-refractivity contribution is 5.88. The summed E-state index contributed by atoms with van der Waals surface area (Å²) in [6.07, 6.45) is 3.87. The largest absolute Gasteiger partial charge is 0.497 e. The Kier molecular flexibility index (Phi) is 8.58. The lowest BCUT2D eigenvalue weighted by atomic mass is 10.1. The van der Waals surface area contributed by atoms with Gasteiger partial charge in [0.25, 0.3) is 0 Å². The zero-order valence-electron chi connectivity index (χ0n) is 16.7. The highest BCUT2D eigenvalue weighted by Crippen LogP contribution is 2.22. The highest BCUT2D eigenvalue weighted by atomic mass is 16.5. The molecule has 1 unspecified atom stereocenters. The molecule has 0 aliphatic carbocycles. The Morgan fingerprint density at radius 1 is 1.33 bits per heavy atom. The number of amides is 2. The van der Waals surface area contributed by atoms with Gasteiger partial charge in [0.2, 0.25) is 11.8 Å². The smallest absolute Gasteiger partial charge is 0.242 e. The topological polar surface area (TPSA) is 67.9 Å². The molecule has 1 aromatic carbocycles. The molecule has 1 aliphatic rings. The number of nitrogens with zero attached hydrogens (tertiary/aromatic N) is 1. The number of benzene rings is 1. The minimum atomic E-state index is -0.419. The van der Waals surface area contributed by atoms with Gasteiger partial charge in [-0.05, 0) is 50.8 Å². The first-order valence-corrected chi connectivity index (χ1v) is 9.83. The van der Waals surface area contributed by atoms with Crippen LogP contribution < -0.4 is 10.1 Å². The maximum Gasteiger partial charge on any atom is 0.242 e. The van der Waals surface area contributed by atoms with Gasteiger partial charge in [0.1, 0.15) is 11.8 Å². The maximum atomic E-state index is 12.7. The molecule has 2 rings (SSSR count). The van der Waals surface area contributed by atoms with Gasteiger partial charge in [-0.25, -0.2) is 0 Å². The van der Waals surface area contributed by atoms with Crippen molar-refractivity contribution in [1.82, 2.24) is 10.2 Å². The molecule has 1 atom stereocenters. The average molecular weight is 376 g/mol. The lowest BCUT2D eigenvalue weighted by Gasteiger charge is -2.29. The molecule has 1 saturated heterocycles. The first-order valence-electron chi connectivity index (χ1n) is 9.83. The van der Waals surface area contributed by atoms with Crippen LogP contribution in [-0.2, 0) is 20.9 Å². The summed E-state index contributed by atoms with van der Waals surface area (Å²) >= 11 is 0. The highest BCUT2D eigenvalue weighted by Gasteiger charge is 2.31. The first-order chi connectivity index (χ1) is 13.0. The Bertz CT molecular complexity index is 618. The van der Waals surface area contributed by atoms with Crippen molar-refractivity contribution >= 4 is 11.8 Å². The zero-order chi connectivity index (χ0) is 19.6. The molecule has 1 aliphatic heterocycles. The molecule has 6 heteroatoms. The third-order valence-corrected chi connectivity index (χ3v) is 4.68. The molecule has 27 heavy (non-hydrogen) atoms. The van der Waals surface area contributed by atoms with Gasteiger partial charge >= 0.3 is 0 Å². The van der Waals surface area contributed by atoms with Crippen LogP contribution in [0.4, 0.5) is 0 Å². The van der Waals surface area contributed by atoms with E-state index in [9.17, 15) is 9.59 Å². The van der Waals surface area contributed by atoms with Gasteiger partial charge in [-0.15, -0.1) is 0 Å². The van der Waals surface area contributed by atoms with Crippen molar-refractivity contribution in [2.45, 2.75) is 64.6 Å². The summed E-state index contributed by atoms with van der Waals surface area (Å²) in [4.78, 5) is 27.1. The molecule has 150 valence electrons. The second kappa shape index (κ2) is 10.9. The average Bonchev–Trinajstić information content (AvgIpc) is 2.83. The van der Waals surface area contributed by atoms with Crippen LogP contribution >= 0.6 is 0 Å². The Balaban J connectivity index is 1.99. The molecule has 6 nitrogen and oxygen atoms in total. The van der Waals surface area contributed by atoms with Crippen molar-refractivity contribution in [3.63, 3.8) is 0 Å². The second-order valence-corrected chi connectivity index (χ2v) is 7.20. The van der Waals surface area contributed by atoms with Gasteiger partial charge in [0.15, 0.2) is 0 Å². The summed E-state index contributed by atoms with van der Waals surface area (Å²) < 4.78 is 10.8. The fourth-order valence-corrected chi connectivity index (χ4v) is 3.25. The standard InChI is InChI=1S/C21H32N2O4/c1-16(2)27-13-7-12-22-21(25)19-10-4-5-11-20(24)23(19)15-17-8-6-9-18(14-17)26-3/h6,8-9,14,16,19H,4-5,7,10-13,15H2,1-3H3,(H,22,25). The number of likely N-dealkylation sites (tertiary alicyclic amines) is 1. The van der Waals surface area contributed by atoms with E-state index in [4.69, 9.17) is 9.47 Å². The van der Waals surface area contributed by atoms with Crippen LogP contribution in [0.5, 0.6) is 5.75 Å². The van der Waals surface area contributed by atoms with Gasteiger partial charge < -0.3 is 19.7 Å². The number of rotatable bonds is 9. The predicted octanol–water partition coefficient (Wildman–Crippen LogP) is 2.90. The third-order valence-electron chi connectivity index (χ3n) is 4.68. The minimum Gasteiger partial charge on any atom is -0.497 e. The number of methoxy groups -OCH3 is 1. The number of carbonyl (C=O) groups is 2. The fraction of sp³-hybridized carbons (Fsp3) is 0.619. The molecule has 0 bridgehead atoms. The van der Waals surface area contributed by atoms with E-state index < -0.39 is 6.04 Å².